The van der Waals surface area contributed by atoms with E-state index in [1.165, 1.54) is 46.7 Å². The summed E-state index contributed by atoms with van der Waals surface area (Å²) in [5, 5.41) is 6.80. The monoisotopic (exact) mass is 528 g/mol. The van der Waals surface area contributed by atoms with E-state index in [1.54, 1.807) is 6.07 Å². The first-order valence-corrected chi connectivity index (χ1v) is 11.1. The van der Waals surface area contributed by atoms with Crippen LogP contribution in [0.1, 0.15) is 27.3 Å². The van der Waals surface area contributed by atoms with Gasteiger partial charge in [-0.15, -0.1) is 0 Å². The molecule has 3 heterocycles. The second-order valence-electron chi connectivity index (χ2n) is 8.15. The molecule has 0 radical (unpaired) electrons. The number of aromatic nitrogens is 5. The lowest BCUT2D eigenvalue weighted by molar-refractivity contribution is -0.141. The lowest BCUT2D eigenvalue weighted by atomic mass is 10.1. The number of carbonyl (C=O) groups is 1. The summed E-state index contributed by atoms with van der Waals surface area (Å²) in [5.41, 5.74) is 1.20. The molecule has 0 spiro atoms. The van der Waals surface area contributed by atoms with Crippen molar-refractivity contribution in [2.75, 3.05) is 26.6 Å². The Hall–Kier alpha value is -4.68. The fraction of sp³-hybridized carbons (Fsp3) is 0.240. The zero-order chi connectivity index (χ0) is 27.6. The van der Waals surface area contributed by atoms with Crippen LogP contribution in [0.5, 0.6) is 11.6 Å². The van der Waals surface area contributed by atoms with Gasteiger partial charge in [0.05, 0.1) is 21.3 Å². The van der Waals surface area contributed by atoms with Crippen molar-refractivity contribution in [3.05, 3.63) is 65.2 Å². The van der Waals surface area contributed by atoms with Crippen molar-refractivity contribution in [1.29, 1.82) is 0 Å². The largest absolute Gasteiger partial charge is 0.497 e. The van der Waals surface area contributed by atoms with Gasteiger partial charge in [0.25, 0.3) is 0 Å². The summed E-state index contributed by atoms with van der Waals surface area (Å²) in [6.07, 6.45) is -1.88. The molecule has 0 saturated heterocycles. The van der Waals surface area contributed by atoms with Crippen molar-refractivity contribution in [1.82, 2.24) is 24.7 Å². The van der Waals surface area contributed by atoms with E-state index in [-0.39, 0.29) is 34.5 Å². The van der Waals surface area contributed by atoms with Gasteiger partial charge in [0.1, 0.15) is 11.3 Å². The quantitative estimate of drug-likeness (QED) is 0.334. The SMILES string of the molecule is COC(=O)c1cc(-c2cnc(Nc3cc(C)cc(OC)c3)nc2-n2nc(C(F)(F)F)cc2C)cnc1OC. The second-order valence-corrected chi connectivity index (χ2v) is 8.15. The lowest BCUT2D eigenvalue weighted by Gasteiger charge is -2.14. The van der Waals surface area contributed by atoms with E-state index in [2.05, 4.69) is 25.4 Å². The summed E-state index contributed by atoms with van der Waals surface area (Å²) in [6, 6.07) is 7.73. The number of carbonyl (C=O) groups excluding carboxylic acids is 1. The molecule has 0 bridgehead atoms. The number of esters is 1. The third kappa shape index (κ3) is 5.36. The van der Waals surface area contributed by atoms with Crippen LogP contribution in [0.3, 0.4) is 0 Å². The standard InChI is InChI=1S/C25H23F3N6O4/c1-13-6-16(10-17(7-13)36-3)31-24-30-12-19(15-9-18(23(35)38-5)22(37-4)29-11-15)21(32-24)34-14(2)8-20(33-34)25(26,27)28/h6-12H,1-5H3,(H,30,31,32). The van der Waals surface area contributed by atoms with Gasteiger partial charge in [-0.3, -0.25) is 0 Å². The van der Waals surface area contributed by atoms with Gasteiger partial charge in [-0.2, -0.15) is 23.3 Å². The number of nitrogens with zero attached hydrogens (tertiary/aromatic N) is 5. The van der Waals surface area contributed by atoms with E-state index in [9.17, 15) is 18.0 Å². The zero-order valence-corrected chi connectivity index (χ0v) is 21.0. The zero-order valence-electron chi connectivity index (χ0n) is 21.0. The Morgan fingerprint density at radius 3 is 2.37 bits per heavy atom. The van der Waals surface area contributed by atoms with E-state index in [0.717, 1.165) is 16.3 Å². The maximum atomic E-state index is 13.5. The van der Waals surface area contributed by atoms with Crippen molar-refractivity contribution in [3.8, 4) is 28.6 Å². The molecule has 10 nitrogen and oxygen atoms in total. The van der Waals surface area contributed by atoms with Gasteiger partial charge in [0.2, 0.25) is 11.8 Å². The van der Waals surface area contributed by atoms with Crippen LogP contribution in [-0.2, 0) is 10.9 Å². The van der Waals surface area contributed by atoms with E-state index in [1.807, 2.05) is 19.1 Å². The normalized spacial score (nSPS) is 11.3. The highest BCUT2D eigenvalue weighted by Gasteiger charge is 2.35. The first-order valence-electron chi connectivity index (χ1n) is 11.1. The van der Waals surface area contributed by atoms with Crippen LogP contribution in [-0.4, -0.2) is 52.0 Å². The van der Waals surface area contributed by atoms with Crippen molar-refractivity contribution in [3.63, 3.8) is 0 Å². The van der Waals surface area contributed by atoms with Crippen LogP contribution < -0.4 is 14.8 Å². The molecule has 3 aromatic heterocycles. The number of ether oxygens (including phenoxy) is 3. The third-order valence-corrected chi connectivity index (χ3v) is 5.45. The average molecular weight is 528 g/mol. The molecule has 0 saturated carbocycles. The number of hydrogen-bond donors (Lipinski definition) is 1. The van der Waals surface area contributed by atoms with Crippen LogP contribution in [0.15, 0.2) is 42.7 Å². The van der Waals surface area contributed by atoms with Gasteiger partial charge >= 0.3 is 12.1 Å². The Balaban J connectivity index is 1.89. The van der Waals surface area contributed by atoms with Crippen LogP contribution >= 0.6 is 0 Å². The van der Waals surface area contributed by atoms with Crippen LogP contribution in [0, 0.1) is 13.8 Å². The molecule has 0 aliphatic carbocycles. The minimum absolute atomic E-state index is 0.0145. The summed E-state index contributed by atoms with van der Waals surface area (Å²) in [6.45, 7) is 3.35. The summed E-state index contributed by atoms with van der Waals surface area (Å²) in [4.78, 5) is 25.3. The molecule has 4 aromatic rings. The van der Waals surface area contributed by atoms with Gasteiger partial charge in [0.15, 0.2) is 11.5 Å². The lowest BCUT2D eigenvalue weighted by Crippen LogP contribution is -2.11. The number of pyridine rings is 1. The molecule has 38 heavy (non-hydrogen) atoms. The first-order chi connectivity index (χ1) is 18.0. The van der Waals surface area contributed by atoms with Gasteiger partial charge in [-0.05, 0) is 43.7 Å². The molecule has 0 unspecified atom stereocenters. The van der Waals surface area contributed by atoms with Gasteiger partial charge in [0, 0.05) is 41.0 Å². The molecule has 4 rings (SSSR count). The van der Waals surface area contributed by atoms with E-state index in [0.29, 0.717) is 17.0 Å². The Morgan fingerprint density at radius 1 is 0.974 bits per heavy atom. The second kappa shape index (κ2) is 10.4. The number of nitrogens with one attached hydrogen (secondary N) is 1. The van der Waals surface area contributed by atoms with E-state index in [4.69, 9.17) is 14.2 Å². The molecule has 198 valence electrons. The molecule has 1 N–H and O–H groups in total. The average Bonchev–Trinajstić information content (AvgIpc) is 3.29. The van der Waals surface area contributed by atoms with Crippen LogP contribution in [0.2, 0.25) is 0 Å². The number of aryl methyl sites for hydroxylation is 2. The predicted octanol–water partition coefficient (Wildman–Crippen LogP) is 4.91. The van der Waals surface area contributed by atoms with E-state index >= 15 is 0 Å². The van der Waals surface area contributed by atoms with Crippen molar-refractivity contribution >= 4 is 17.6 Å². The minimum Gasteiger partial charge on any atom is -0.497 e. The highest BCUT2D eigenvalue weighted by Crippen LogP contribution is 2.33. The van der Waals surface area contributed by atoms with E-state index < -0.39 is 17.8 Å². The van der Waals surface area contributed by atoms with Gasteiger partial charge < -0.3 is 19.5 Å². The van der Waals surface area contributed by atoms with Crippen LogP contribution in [0.4, 0.5) is 24.8 Å². The molecule has 0 aliphatic heterocycles. The Bertz CT molecular complexity index is 1500. The smallest absolute Gasteiger partial charge is 0.435 e. The number of benzene rings is 1. The summed E-state index contributed by atoms with van der Waals surface area (Å²) in [5.74, 6) is 0.0264. The fourth-order valence-electron chi connectivity index (χ4n) is 3.71. The maximum absolute atomic E-state index is 13.5. The number of methoxy groups -OCH3 is 3. The highest BCUT2D eigenvalue weighted by molar-refractivity contribution is 5.93. The maximum Gasteiger partial charge on any atom is 0.435 e. The Labute approximate surface area is 215 Å². The number of alkyl halides is 3. The number of anilines is 2. The van der Waals surface area contributed by atoms with Crippen molar-refractivity contribution in [2.24, 2.45) is 0 Å². The molecule has 0 fully saturated rings. The molecular weight excluding hydrogens is 505 g/mol. The molecule has 1 aromatic carbocycles. The molecule has 0 aliphatic rings. The molecule has 0 amide bonds. The number of halogens is 3. The molecule has 13 heteroatoms. The van der Waals surface area contributed by atoms with Gasteiger partial charge in [-0.25, -0.2) is 19.4 Å². The predicted molar refractivity (Wildman–Crippen MR) is 131 cm³/mol. The summed E-state index contributed by atoms with van der Waals surface area (Å²) in [7, 11) is 4.08. The van der Waals surface area contributed by atoms with Crippen molar-refractivity contribution < 1.29 is 32.2 Å². The van der Waals surface area contributed by atoms with Crippen LogP contribution in [0.25, 0.3) is 16.9 Å². The fourth-order valence-corrected chi connectivity index (χ4v) is 3.71. The van der Waals surface area contributed by atoms with Crippen molar-refractivity contribution in [2.45, 2.75) is 20.0 Å². The first kappa shape index (κ1) is 26.4. The number of rotatable bonds is 7. The van der Waals surface area contributed by atoms with Gasteiger partial charge in [-0.1, -0.05) is 0 Å². The Morgan fingerprint density at radius 2 is 1.74 bits per heavy atom. The molecular formula is C25H23F3N6O4. The minimum atomic E-state index is -4.66. The summed E-state index contributed by atoms with van der Waals surface area (Å²) >= 11 is 0. The number of hydrogen-bond acceptors (Lipinski definition) is 9. The topological polar surface area (TPSA) is 113 Å². The summed E-state index contributed by atoms with van der Waals surface area (Å²) < 4.78 is 56.7. The third-order valence-electron chi connectivity index (χ3n) is 5.45. The Kier molecular flexibility index (Phi) is 7.19. The molecule has 0 atom stereocenters. The highest BCUT2D eigenvalue weighted by atomic mass is 19.4.